The molecule has 0 aliphatic rings. The molecule has 0 unspecified atom stereocenters. The minimum Gasteiger partial charge on any atom is -0.493 e. The molecule has 1 amide bonds. The van der Waals surface area contributed by atoms with Gasteiger partial charge in [0.2, 0.25) is 5.91 Å². The fourth-order valence-electron chi connectivity index (χ4n) is 1.69. The molecule has 0 fully saturated rings. The van der Waals surface area contributed by atoms with E-state index < -0.39 is 0 Å². The molecule has 0 aromatic heterocycles. The van der Waals surface area contributed by atoms with Crippen molar-refractivity contribution in [3.63, 3.8) is 0 Å². The van der Waals surface area contributed by atoms with Gasteiger partial charge in [0.25, 0.3) is 0 Å². The summed E-state index contributed by atoms with van der Waals surface area (Å²) in [5.41, 5.74) is 7.00. The zero-order valence-corrected chi connectivity index (χ0v) is 14.3. The third-order valence-electron chi connectivity index (χ3n) is 2.68. The van der Waals surface area contributed by atoms with Crippen LogP contribution < -0.4 is 15.8 Å². The van der Waals surface area contributed by atoms with Crippen LogP contribution in [0.25, 0.3) is 0 Å². The molecule has 2 rings (SSSR count). The molecule has 0 saturated carbocycles. The van der Waals surface area contributed by atoms with Crippen molar-refractivity contribution in [2.75, 3.05) is 17.7 Å². The molecule has 6 heteroatoms. The van der Waals surface area contributed by atoms with Gasteiger partial charge in [-0.3, -0.25) is 4.79 Å². The maximum Gasteiger partial charge on any atom is 0.227 e. The lowest BCUT2D eigenvalue weighted by Crippen LogP contribution is -2.15. The Balaban J connectivity index is 1.85. The normalized spacial score (nSPS) is 10.2. The van der Waals surface area contributed by atoms with E-state index in [-0.39, 0.29) is 18.9 Å². The summed E-state index contributed by atoms with van der Waals surface area (Å²) >= 11 is 6.80. The second-order valence-electron chi connectivity index (χ2n) is 4.32. The summed E-state index contributed by atoms with van der Waals surface area (Å²) < 4.78 is 7.13. The lowest BCUT2D eigenvalue weighted by molar-refractivity contribution is -0.116. The van der Waals surface area contributed by atoms with E-state index in [1.54, 1.807) is 18.2 Å². The number of hydrogen-bond donors (Lipinski definition) is 2. The number of nitrogen functional groups attached to an aromatic ring is 1. The Bertz CT molecular complexity index is 627. The Morgan fingerprint density at radius 3 is 2.48 bits per heavy atom. The largest absolute Gasteiger partial charge is 0.493 e. The summed E-state index contributed by atoms with van der Waals surface area (Å²) in [5, 5.41) is 2.84. The number of nitrogens with one attached hydrogen (secondary N) is 1. The van der Waals surface area contributed by atoms with E-state index in [0.29, 0.717) is 17.1 Å². The molecule has 4 nitrogen and oxygen atoms in total. The Kier molecular flexibility index (Phi) is 5.64. The summed E-state index contributed by atoms with van der Waals surface area (Å²) in [6.45, 7) is 0.289. The van der Waals surface area contributed by atoms with Gasteiger partial charge in [-0.2, -0.15) is 0 Å². The molecule has 3 N–H and O–H groups in total. The monoisotopic (exact) mass is 412 g/mol. The van der Waals surface area contributed by atoms with Crippen LogP contribution in [0.5, 0.6) is 5.75 Å². The van der Waals surface area contributed by atoms with Crippen LogP contribution >= 0.6 is 31.9 Å². The van der Waals surface area contributed by atoms with E-state index in [1.807, 2.05) is 24.3 Å². The number of anilines is 2. The molecular formula is C15H14Br2N2O2. The second-order valence-corrected chi connectivity index (χ2v) is 6.02. The lowest BCUT2D eigenvalue weighted by Gasteiger charge is -2.10. The topological polar surface area (TPSA) is 64.3 Å². The number of carbonyl (C=O) groups is 1. The summed E-state index contributed by atoms with van der Waals surface area (Å²) in [7, 11) is 0. The van der Waals surface area contributed by atoms with Crippen molar-refractivity contribution < 1.29 is 9.53 Å². The van der Waals surface area contributed by atoms with Crippen molar-refractivity contribution in [3.05, 3.63) is 51.4 Å². The number of nitrogens with two attached hydrogens (primary N) is 1. The number of ether oxygens (including phenoxy) is 1. The van der Waals surface area contributed by atoms with Gasteiger partial charge in [-0.1, -0.05) is 12.1 Å². The Hall–Kier alpha value is -1.53. The van der Waals surface area contributed by atoms with Crippen LogP contribution in [0.2, 0.25) is 0 Å². The zero-order chi connectivity index (χ0) is 15.2. The van der Waals surface area contributed by atoms with Crippen molar-refractivity contribution in [3.8, 4) is 5.75 Å². The van der Waals surface area contributed by atoms with E-state index in [1.165, 1.54) is 0 Å². The molecule has 0 atom stereocenters. The highest BCUT2D eigenvalue weighted by Crippen LogP contribution is 2.30. The number of carbonyl (C=O) groups excluding carboxylic acids is 1. The fraction of sp³-hybridized carbons (Fsp3) is 0.133. The lowest BCUT2D eigenvalue weighted by atomic mass is 10.3. The third kappa shape index (κ3) is 4.75. The van der Waals surface area contributed by atoms with Gasteiger partial charge in [0, 0.05) is 20.7 Å². The molecule has 2 aromatic carbocycles. The highest BCUT2D eigenvalue weighted by molar-refractivity contribution is 9.11. The fourth-order valence-corrected chi connectivity index (χ4v) is 2.88. The van der Waals surface area contributed by atoms with E-state index in [9.17, 15) is 4.79 Å². The van der Waals surface area contributed by atoms with Crippen LogP contribution in [0.4, 0.5) is 11.4 Å². The maximum atomic E-state index is 11.9. The van der Waals surface area contributed by atoms with E-state index in [4.69, 9.17) is 10.5 Å². The molecule has 0 aliphatic carbocycles. The predicted octanol–water partition coefficient (Wildman–Crippen LogP) is 4.20. The van der Waals surface area contributed by atoms with Gasteiger partial charge >= 0.3 is 0 Å². The number of para-hydroxylation sites is 1. The second kappa shape index (κ2) is 7.47. The average molecular weight is 414 g/mol. The number of benzene rings is 2. The van der Waals surface area contributed by atoms with Gasteiger partial charge < -0.3 is 15.8 Å². The molecule has 0 saturated heterocycles. The Morgan fingerprint density at radius 2 is 1.81 bits per heavy atom. The molecule has 2 aromatic rings. The molecule has 110 valence electrons. The number of halogens is 2. The standard InChI is InChI=1S/C15H14Br2N2O2/c16-12-5-2-6-13(17)15(12)19-14(20)7-8-21-11-4-1-3-10(18)9-11/h1-6,9H,7-8,18H2,(H,19,20). The predicted molar refractivity (Wildman–Crippen MR) is 91.4 cm³/mol. The SMILES string of the molecule is Nc1cccc(OCCC(=O)Nc2c(Br)cccc2Br)c1. The third-order valence-corrected chi connectivity index (χ3v) is 4.00. The quantitative estimate of drug-likeness (QED) is 0.722. The van der Waals surface area contributed by atoms with Crippen LogP contribution in [0.1, 0.15) is 6.42 Å². The minimum absolute atomic E-state index is 0.119. The summed E-state index contributed by atoms with van der Waals surface area (Å²) in [5.74, 6) is 0.538. The van der Waals surface area contributed by atoms with Crippen molar-refractivity contribution in [1.29, 1.82) is 0 Å². The minimum atomic E-state index is -0.119. The Morgan fingerprint density at radius 1 is 1.14 bits per heavy atom. The van der Waals surface area contributed by atoms with E-state index in [2.05, 4.69) is 37.2 Å². The van der Waals surface area contributed by atoms with Crippen LogP contribution in [-0.4, -0.2) is 12.5 Å². The smallest absolute Gasteiger partial charge is 0.227 e. The van der Waals surface area contributed by atoms with Crippen molar-refractivity contribution in [2.45, 2.75) is 6.42 Å². The van der Waals surface area contributed by atoms with Gasteiger partial charge in [0.1, 0.15) is 5.75 Å². The molecule has 0 aliphatic heterocycles. The zero-order valence-electron chi connectivity index (χ0n) is 11.1. The van der Waals surface area contributed by atoms with E-state index >= 15 is 0 Å². The summed E-state index contributed by atoms with van der Waals surface area (Å²) in [6.07, 6.45) is 0.253. The summed E-state index contributed by atoms with van der Waals surface area (Å²) in [6, 6.07) is 12.7. The van der Waals surface area contributed by atoms with Gasteiger partial charge in [0.15, 0.2) is 0 Å². The molecule has 0 spiro atoms. The first kappa shape index (κ1) is 15.9. The maximum absolute atomic E-state index is 11.9. The van der Waals surface area contributed by atoms with Crippen molar-refractivity contribution in [1.82, 2.24) is 0 Å². The van der Waals surface area contributed by atoms with Gasteiger partial charge in [-0.25, -0.2) is 0 Å². The molecule has 0 heterocycles. The molecule has 21 heavy (non-hydrogen) atoms. The van der Waals surface area contributed by atoms with Crippen LogP contribution in [-0.2, 0) is 4.79 Å². The van der Waals surface area contributed by atoms with Gasteiger partial charge in [0.05, 0.1) is 18.7 Å². The van der Waals surface area contributed by atoms with Crippen LogP contribution in [0.15, 0.2) is 51.4 Å². The number of amides is 1. The van der Waals surface area contributed by atoms with Crippen LogP contribution in [0, 0.1) is 0 Å². The van der Waals surface area contributed by atoms with E-state index in [0.717, 1.165) is 8.95 Å². The van der Waals surface area contributed by atoms with Gasteiger partial charge in [-0.15, -0.1) is 0 Å². The Labute approximate surface area is 139 Å². The average Bonchev–Trinajstić information content (AvgIpc) is 2.43. The summed E-state index contributed by atoms with van der Waals surface area (Å²) in [4.78, 5) is 11.9. The van der Waals surface area contributed by atoms with Gasteiger partial charge in [-0.05, 0) is 56.1 Å². The van der Waals surface area contributed by atoms with Crippen molar-refractivity contribution >= 4 is 49.1 Å². The number of rotatable bonds is 5. The van der Waals surface area contributed by atoms with Crippen molar-refractivity contribution in [2.24, 2.45) is 0 Å². The first-order valence-electron chi connectivity index (χ1n) is 6.28. The first-order valence-corrected chi connectivity index (χ1v) is 7.87. The first-order chi connectivity index (χ1) is 10.1. The van der Waals surface area contributed by atoms with Crippen LogP contribution in [0.3, 0.4) is 0 Å². The highest BCUT2D eigenvalue weighted by atomic mass is 79.9. The highest BCUT2D eigenvalue weighted by Gasteiger charge is 2.09. The number of hydrogen-bond acceptors (Lipinski definition) is 3. The molecular weight excluding hydrogens is 400 g/mol. The molecule has 0 radical (unpaired) electrons. The molecule has 0 bridgehead atoms.